The molecule has 1 aromatic rings. The van der Waals surface area contributed by atoms with Gasteiger partial charge in [0.2, 0.25) is 0 Å². The Kier molecular flexibility index (Phi) is 4.07. The van der Waals surface area contributed by atoms with Crippen molar-refractivity contribution in [2.75, 3.05) is 44.4 Å². The summed E-state index contributed by atoms with van der Waals surface area (Å²) in [5.74, 6) is 1.81. The lowest BCUT2D eigenvalue weighted by molar-refractivity contribution is 0.222. The molecule has 0 radical (unpaired) electrons. The molecule has 1 saturated heterocycles. The first-order valence-electron chi connectivity index (χ1n) is 6.69. The molecule has 4 heteroatoms. The Labute approximate surface area is 110 Å². The molecule has 2 heterocycles. The topological polar surface area (TPSA) is 45.4 Å². The highest BCUT2D eigenvalue weighted by Gasteiger charge is 2.18. The maximum absolute atomic E-state index is 5.80. The second-order valence-electron chi connectivity index (χ2n) is 5.47. The van der Waals surface area contributed by atoms with Gasteiger partial charge in [0.1, 0.15) is 5.82 Å². The second kappa shape index (κ2) is 5.57. The summed E-state index contributed by atoms with van der Waals surface area (Å²) in [6, 6.07) is 3.96. The van der Waals surface area contributed by atoms with Crippen molar-refractivity contribution in [3.05, 3.63) is 17.8 Å². The number of nitrogens with two attached hydrogens (primary N) is 1. The summed E-state index contributed by atoms with van der Waals surface area (Å²) < 4.78 is 0. The monoisotopic (exact) mass is 248 g/mol. The average molecular weight is 248 g/mol. The molecule has 100 valence electrons. The lowest BCUT2D eigenvalue weighted by Gasteiger charge is -2.32. The standard InChI is InChI=1S/C14H24N4/c1-11-13(15)4-5-14(16-11)18(3)10-12-6-8-17(2)9-7-12/h4-5,12H,6-10,15H2,1-3H3. The quantitative estimate of drug-likeness (QED) is 0.885. The van der Waals surface area contributed by atoms with Gasteiger partial charge in [-0.15, -0.1) is 0 Å². The van der Waals surface area contributed by atoms with Crippen LogP contribution in [0.2, 0.25) is 0 Å². The first-order valence-corrected chi connectivity index (χ1v) is 6.69. The van der Waals surface area contributed by atoms with E-state index in [1.165, 1.54) is 25.9 Å². The summed E-state index contributed by atoms with van der Waals surface area (Å²) in [7, 11) is 4.32. The number of piperidine rings is 1. The van der Waals surface area contributed by atoms with Crippen LogP contribution in [-0.4, -0.2) is 43.6 Å². The minimum absolute atomic E-state index is 0.770. The van der Waals surface area contributed by atoms with Crippen molar-refractivity contribution in [3.63, 3.8) is 0 Å². The Morgan fingerprint density at radius 1 is 1.39 bits per heavy atom. The predicted molar refractivity (Wildman–Crippen MR) is 76.9 cm³/mol. The van der Waals surface area contributed by atoms with Crippen LogP contribution in [0.5, 0.6) is 0 Å². The van der Waals surface area contributed by atoms with Crippen molar-refractivity contribution in [1.29, 1.82) is 0 Å². The molecule has 0 atom stereocenters. The lowest BCUT2D eigenvalue weighted by atomic mass is 9.97. The number of pyridine rings is 1. The zero-order valence-corrected chi connectivity index (χ0v) is 11.7. The van der Waals surface area contributed by atoms with Crippen LogP contribution in [0.15, 0.2) is 12.1 Å². The van der Waals surface area contributed by atoms with Crippen LogP contribution in [0.25, 0.3) is 0 Å². The van der Waals surface area contributed by atoms with Gasteiger partial charge in [-0.25, -0.2) is 4.98 Å². The summed E-state index contributed by atoms with van der Waals surface area (Å²) in [6.07, 6.45) is 2.57. The average Bonchev–Trinajstić information content (AvgIpc) is 2.35. The maximum Gasteiger partial charge on any atom is 0.128 e. The highest BCUT2D eigenvalue weighted by molar-refractivity contribution is 5.50. The molecule has 0 aliphatic carbocycles. The molecule has 0 saturated carbocycles. The number of nitrogen functional groups attached to an aromatic ring is 1. The highest BCUT2D eigenvalue weighted by Crippen LogP contribution is 2.20. The van der Waals surface area contributed by atoms with Gasteiger partial charge in [0, 0.05) is 13.6 Å². The van der Waals surface area contributed by atoms with E-state index in [0.717, 1.165) is 29.7 Å². The molecule has 2 rings (SSSR count). The molecule has 0 bridgehead atoms. The molecule has 0 aromatic carbocycles. The number of nitrogens with zero attached hydrogens (tertiary/aromatic N) is 3. The van der Waals surface area contributed by atoms with Crippen LogP contribution in [0.3, 0.4) is 0 Å². The smallest absolute Gasteiger partial charge is 0.128 e. The number of hydrogen-bond donors (Lipinski definition) is 1. The van der Waals surface area contributed by atoms with Crippen molar-refractivity contribution < 1.29 is 0 Å². The molecule has 1 aliphatic rings. The molecule has 1 aliphatic heterocycles. The maximum atomic E-state index is 5.80. The van der Waals surface area contributed by atoms with Gasteiger partial charge in [0.15, 0.2) is 0 Å². The third kappa shape index (κ3) is 3.13. The number of anilines is 2. The van der Waals surface area contributed by atoms with E-state index in [4.69, 9.17) is 5.73 Å². The molecule has 2 N–H and O–H groups in total. The summed E-state index contributed by atoms with van der Waals surface area (Å²) in [6.45, 7) is 5.48. The molecule has 0 spiro atoms. The van der Waals surface area contributed by atoms with Crippen LogP contribution in [0.4, 0.5) is 11.5 Å². The van der Waals surface area contributed by atoms with Crippen LogP contribution in [0, 0.1) is 12.8 Å². The lowest BCUT2D eigenvalue weighted by Crippen LogP contribution is -2.36. The Hall–Kier alpha value is -1.29. The SMILES string of the molecule is Cc1nc(N(C)CC2CCN(C)CC2)ccc1N. The van der Waals surface area contributed by atoms with Gasteiger partial charge < -0.3 is 15.5 Å². The summed E-state index contributed by atoms with van der Waals surface area (Å²) in [4.78, 5) is 9.20. The zero-order valence-electron chi connectivity index (χ0n) is 11.7. The highest BCUT2D eigenvalue weighted by atomic mass is 15.2. The Morgan fingerprint density at radius 3 is 2.67 bits per heavy atom. The number of aryl methyl sites for hydroxylation is 1. The molecule has 18 heavy (non-hydrogen) atoms. The number of likely N-dealkylation sites (tertiary alicyclic amines) is 1. The van der Waals surface area contributed by atoms with Crippen LogP contribution in [0.1, 0.15) is 18.5 Å². The molecule has 0 amide bonds. The fourth-order valence-electron chi connectivity index (χ4n) is 2.50. The molecule has 4 nitrogen and oxygen atoms in total. The second-order valence-corrected chi connectivity index (χ2v) is 5.47. The first kappa shape index (κ1) is 13.1. The first-order chi connectivity index (χ1) is 8.56. The fraction of sp³-hybridized carbons (Fsp3) is 0.643. The Balaban J connectivity index is 1.94. The van der Waals surface area contributed by atoms with Gasteiger partial charge in [-0.3, -0.25) is 0 Å². The van der Waals surface area contributed by atoms with E-state index in [0.29, 0.717) is 0 Å². The van der Waals surface area contributed by atoms with Gasteiger partial charge in [-0.1, -0.05) is 0 Å². The van der Waals surface area contributed by atoms with E-state index in [1.807, 2.05) is 19.1 Å². The summed E-state index contributed by atoms with van der Waals surface area (Å²) in [5.41, 5.74) is 7.49. The normalized spacial score (nSPS) is 17.9. The van der Waals surface area contributed by atoms with Gasteiger partial charge in [-0.05, 0) is 58.0 Å². The Bertz CT molecular complexity index is 397. The van der Waals surface area contributed by atoms with Gasteiger partial charge in [0.25, 0.3) is 0 Å². The molecular weight excluding hydrogens is 224 g/mol. The van der Waals surface area contributed by atoms with Gasteiger partial charge in [0.05, 0.1) is 11.4 Å². The minimum Gasteiger partial charge on any atom is -0.397 e. The van der Waals surface area contributed by atoms with E-state index in [9.17, 15) is 0 Å². The predicted octanol–water partition coefficient (Wildman–Crippen LogP) is 1.75. The summed E-state index contributed by atoms with van der Waals surface area (Å²) in [5, 5.41) is 0. The fourth-order valence-corrected chi connectivity index (χ4v) is 2.50. The number of rotatable bonds is 3. The van der Waals surface area contributed by atoms with Gasteiger partial charge >= 0.3 is 0 Å². The van der Waals surface area contributed by atoms with Crippen molar-refractivity contribution in [1.82, 2.24) is 9.88 Å². The zero-order chi connectivity index (χ0) is 13.1. The minimum atomic E-state index is 0.770. The van der Waals surface area contributed by atoms with E-state index in [1.54, 1.807) is 0 Å². The summed E-state index contributed by atoms with van der Waals surface area (Å²) >= 11 is 0. The van der Waals surface area contributed by atoms with Crippen molar-refractivity contribution in [3.8, 4) is 0 Å². The van der Waals surface area contributed by atoms with E-state index in [2.05, 4.69) is 28.9 Å². The largest absolute Gasteiger partial charge is 0.397 e. The van der Waals surface area contributed by atoms with Crippen molar-refractivity contribution >= 4 is 11.5 Å². The van der Waals surface area contributed by atoms with Crippen LogP contribution < -0.4 is 10.6 Å². The molecule has 0 unspecified atom stereocenters. The van der Waals surface area contributed by atoms with Crippen molar-refractivity contribution in [2.24, 2.45) is 5.92 Å². The van der Waals surface area contributed by atoms with Gasteiger partial charge in [-0.2, -0.15) is 0 Å². The van der Waals surface area contributed by atoms with Crippen LogP contribution in [-0.2, 0) is 0 Å². The van der Waals surface area contributed by atoms with E-state index < -0.39 is 0 Å². The van der Waals surface area contributed by atoms with E-state index >= 15 is 0 Å². The molecular formula is C14H24N4. The number of aromatic nitrogens is 1. The Morgan fingerprint density at radius 2 is 2.06 bits per heavy atom. The van der Waals surface area contributed by atoms with Crippen LogP contribution >= 0.6 is 0 Å². The number of hydrogen-bond acceptors (Lipinski definition) is 4. The van der Waals surface area contributed by atoms with E-state index in [-0.39, 0.29) is 0 Å². The third-order valence-electron chi connectivity index (χ3n) is 3.87. The molecule has 1 aromatic heterocycles. The van der Waals surface area contributed by atoms with Crippen molar-refractivity contribution in [2.45, 2.75) is 19.8 Å². The third-order valence-corrected chi connectivity index (χ3v) is 3.87. The molecule has 1 fully saturated rings.